The molecule has 1 atom stereocenters. The highest BCUT2D eigenvalue weighted by molar-refractivity contribution is 5.79. The third kappa shape index (κ3) is 3.13. The minimum absolute atomic E-state index is 0.00310. The number of carbonyl (C=O) groups excluding carboxylic acids is 1. The van der Waals surface area contributed by atoms with Crippen LogP contribution in [0.25, 0.3) is 11.0 Å². The topological polar surface area (TPSA) is 60.1 Å². The standard InChI is InChI=1S/C16H17N3O2/c1-12(15-10-13-4-2-3-5-14(13)21-15)18-16(20)6-8-19-9-7-17-11-19/h2-5,7,9-12H,6,8H2,1H3,(H,18,20)/t12-/m0/s1. The van der Waals surface area contributed by atoms with Crippen LogP contribution < -0.4 is 5.32 Å². The Hall–Kier alpha value is -2.56. The summed E-state index contributed by atoms with van der Waals surface area (Å²) >= 11 is 0. The summed E-state index contributed by atoms with van der Waals surface area (Å²) < 4.78 is 7.63. The van der Waals surface area contributed by atoms with Gasteiger partial charge in [-0.3, -0.25) is 4.79 Å². The Kier molecular flexibility index (Phi) is 3.73. The van der Waals surface area contributed by atoms with Crippen molar-refractivity contribution in [2.45, 2.75) is 25.9 Å². The molecule has 2 aromatic heterocycles. The number of hydrogen-bond donors (Lipinski definition) is 1. The molecule has 0 fully saturated rings. The van der Waals surface area contributed by atoms with Crippen LogP contribution in [-0.2, 0) is 11.3 Å². The van der Waals surface area contributed by atoms with Crippen LogP contribution in [-0.4, -0.2) is 15.5 Å². The second kappa shape index (κ2) is 5.83. The van der Waals surface area contributed by atoms with Gasteiger partial charge in [-0.2, -0.15) is 0 Å². The fourth-order valence-corrected chi connectivity index (χ4v) is 2.25. The number of aromatic nitrogens is 2. The number of imidazole rings is 1. The molecule has 3 aromatic rings. The number of nitrogens with one attached hydrogen (secondary N) is 1. The van der Waals surface area contributed by atoms with Crippen LogP contribution in [0.5, 0.6) is 0 Å². The summed E-state index contributed by atoms with van der Waals surface area (Å²) in [5.41, 5.74) is 0.840. The molecule has 1 amide bonds. The summed E-state index contributed by atoms with van der Waals surface area (Å²) in [4.78, 5) is 15.9. The van der Waals surface area contributed by atoms with E-state index in [2.05, 4.69) is 10.3 Å². The molecule has 0 bridgehead atoms. The van der Waals surface area contributed by atoms with Crippen molar-refractivity contribution < 1.29 is 9.21 Å². The van der Waals surface area contributed by atoms with E-state index in [1.165, 1.54) is 0 Å². The zero-order chi connectivity index (χ0) is 14.7. The van der Waals surface area contributed by atoms with Crippen LogP contribution in [0.4, 0.5) is 0 Å². The van der Waals surface area contributed by atoms with E-state index >= 15 is 0 Å². The number of fused-ring (bicyclic) bond motifs is 1. The third-order valence-corrected chi connectivity index (χ3v) is 3.41. The molecular weight excluding hydrogens is 266 g/mol. The molecule has 0 unspecified atom stereocenters. The van der Waals surface area contributed by atoms with Gasteiger partial charge in [0.1, 0.15) is 11.3 Å². The van der Waals surface area contributed by atoms with Crippen LogP contribution in [0.2, 0.25) is 0 Å². The summed E-state index contributed by atoms with van der Waals surface area (Å²) in [5.74, 6) is 0.767. The maximum Gasteiger partial charge on any atom is 0.222 e. The van der Waals surface area contributed by atoms with E-state index in [4.69, 9.17) is 4.42 Å². The number of carbonyl (C=O) groups is 1. The number of furan rings is 1. The first-order valence-electron chi connectivity index (χ1n) is 6.96. The fourth-order valence-electron chi connectivity index (χ4n) is 2.25. The predicted molar refractivity (Wildman–Crippen MR) is 79.6 cm³/mol. The molecule has 0 saturated carbocycles. The third-order valence-electron chi connectivity index (χ3n) is 3.41. The van der Waals surface area contributed by atoms with E-state index < -0.39 is 0 Å². The quantitative estimate of drug-likeness (QED) is 0.783. The predicted octanol–water partition coefficient (Wildman–Crippen LogP) is 2.90. The molecule has 108 valence electrons. The Bertz CT molecular complexity index is 698. The van der Waals surface area contributed by atoms with Crippen molar-refractivity contribution in [2.75, 3.05) is 0 Å². The van der Waals surface area contributed by atoms with E-state index in [1.54, 1.807) is 12.5 Å². The number of nitrogens with zero attached hydrogens (tertiary/aromatic N) is 2. The highest BCUT2D eigenvalue weighted by atomic mass is 16.3. The number of rotatable bonds is 5. The molecule has 0 aliphatic heterocycles. The molecule has 0 radical (unpaired) electrons. The van der Waals surface area contributed by atoms with Gasteiger partial charge in [0.05, 0.1) is 12.4 Å². The summed E-state index contributed by atoms with van der Waals surface area (Å²) in [6.45, 7) is 2.55. The molecule has 1 aromatic carbocycles. The fraction of sp³-hybridized carbons (Fsp3) is 0.250. The van der Waals surface area contributed by atoms with Gasteiger partial charge in [0.25, 0.3) is 0 Å². The Labute approximate surface area is 122 Å². The minimum Gasteiger partial charge on any atom is -0.459 e. The minimum atomic E-state index is -0.146. The first-order chi connectivity index (χ1) is 10.2. The van der Waals surface area contributed by atoms with Crippen molar-refractivity contribution in [1.82, 2.24) is 14.9 Å². The first-order valence-corrected chi connectivity index (χ1v) is 6.96. The van der Waals surface area contributed by atoms with Gasteiger partial charge in [0.2, 0.25) is 5.91 Å². The Morgan fingerprint density at radius 1 is 1.43 bits per heavy atom. The highest BCUT2D eigenvalue weighted by Crippen LogP contribution is 2.23. The molecule has 5 nitrogen and oxygen atoms in total. The average Bonchev–Trinajstić information content (AvgIpc) is 3.14. The number of benzene rings is 1. The lowest BCUT2D eigenvalue weighted by Gasteiger charge is -2.11. The van der Waals surface area contributed by atoms with Crippen molar-refractivity contribution >= 4 is 16.9 Å². The number of para-hydroxylation sites is 1. The van der Waals surface area contributed by atoms with Gasteiger partial charge >= 0.3 is 0 Å². The van der Waals surface area contributed by atoms with Crippen molar-refractivity contribution in [2.24, 2.45) is 0 Å². The largest absolute Gasteiger partial charge is 0.459 e. The molecule has 5 heteroatoms. The zero-order valence-electron chi connectivity index (χ0n) is 11.8. The Morgan fingerprint density at radius 2 is 2.29 bits per heavy atom. The van der Waals surface area contributed by atoms with Gasteiger partial charge in [-0.15, -0.1) is 0 Å². The van der Waals surface area contributed by atoms with Crippen molar-refractivity contribution in [3.8, 4) is 0 Å². The van der Waals surface area contributed by atoms with Crippen molar-refractivity contribution in [1.29, 1.82) is 0 Å². The summed E-state index contributed by atoms with van der Waals surface area (Å²) in [5, 5.41) is 4.00. The average molecular weight is 283 g/mol. The lowest BCUT2D eigenvalue weighted by molar-refractivity contribution is -0.122. The lowest BCUT2D eigenvalue weighted by atomic mass is 10.2. The Morgan fingerprint density at radius 3 is 3.05 bits per heavy atom. The van der Waals surface area contributed by atoms with Gasteiger partial charge in [-0.05, 0) is 19.1 Å². The van der Waals surface area contributed by atoms with Gasteiger partial charge in [-0.25, -0.2) is 4.98 Å². The molecule has 0 aliphatic carbocycles. The van der Waals surface area contributed by atoms with E-state index in [1.807, 2.05) is 48.0 Å². The van der Waals surface area contributed by atoms with Crippen LogP contribution in [0.3, 0.4) is 0 Å². The lowest BCUT2D eigenvalue weighted by Crippen LogP contribution is -2.27. The molecule has 1 N–H and O–H groups in total. The normalized spacial score (nSPS) is 12.4. The van der Waals surface area contributed by atoms with E-state index in [0.29, 0.717) is 13.0 Å². The molecule has 2 heterocycles. The second-order valence-electron chi connectivity index (χ2n) is 5.03. The van der Waals surface area contributed by atoms with Crippen molar-refractivity contribution in [3.63, 3.8) is 0 Å². The number of hydrogen-bond acceptors (Lipinski definition) is 3. The van der Waals surface area contributed by atoms with Gasteiger partial charge < -0.3 is 14.3 Å². The maximum absolute atomic E-state index is 12.0. The smallest absolute Gasteiger partial charge is 0.222 e. The maximum atomic E-state index is 12.0. The van der Waals surface area contributed by atoms with E-state index in [-0.39, 0.29) is 11.9 Å². The molecule has 0 aliphatic rings. The summed E-state index contributed by atoms with van der Waals surface area (Å²) in [6, 6.07) is 9.64. The highest BCUT2D eigenvalue weighted by Gasteiger charge is 2.13. The zero-order valence-corrected chi connectivity index (χ0v) is 11.8. The van der Waals surface area contributed by atoms with Gasteiger partial charge in [-0.1, -0.05) is 18.2 Å². The van der Waals surface area contributed by atoms with E-state index in [0.717, 1.165) is 16.7 Å². The number of amides is 1. The van der Waals surface area contributed by atoms with E-state index in [9.17, 15) is 4.79 Å². The summed E-state index contributed by atoms with van der Waals surface area (Å²) in [6.07, 6.45) is 5.67. The second-order valence-corrected chi connectivity index (χ2v) is 5.03. The molecule has 0 saturated heterocycles. The Balaban J connectivity index is 1.60. The number of aryl methyl sites for hydroxylation is 1. The monoisotopic (exact) mass is 283 g/mol. The molecule has 21 heavy (non-hydrogen) atoms. The first kappa shape index (κ1) is 13.4. The molecule has 0 spiro atoms. The summed E-state index contributed by atoms with van der Waals surface area (Å²) in [7, 11) is 0. The molecule has 3 rings (SSSR count). The van der Waals surface area contributed by atoms with Crippen LogP contribution in [0.1, 0.15) is 25.1 Å². The molecular formula is C16H17N3O2. The van der Waals surface area contributed by atoms with Crippen molar-refractivity contribution in [3.05, 3.63) is 54.8 Å². The van der Waals surface area contributed by atoms with Crippen LogP contribution in [0.15, 0.2) is 53.5 Å². The van der Waals surface area contributed by atoms with Gasteiger partial charge in [0, 0.05) is 30.7 Å². The van der Waals surface area contributed by atoms with Crippen LogP contribution >= 0.6 is 0 Å². The SMILES string of the molecule is C[C@H](NC(=O)CCn1ccnc1)c1cc2ccccc2o1. The van der Waals surface area contributed by atoms with Gasteiger partial charge in [0.15, 0.2) is 0 Å². The van der Waals surface area contributed by atoms with Crippen LogP contribution in [0, 0.1) is 0 Å².